The van der Waals surface area contributed by atoms with Crippen molar-refractivity contribution in [2.45, 2.75) is 63.9 Å². The van der Waals surface area contributed by atoms with E-state index in [0.29, 0.717) is 22.6 Å². The average molecular weight is 1250 g/mol. The number of nitrogens with zero attached hydrogens (tertiary/aromatic N) is 4. The van der Waals surface area contributed by atoms with E-state index in [1.165, 1.54) is 70.6 Å². The van der Waals surface area contributed by atoms with Crippen LogP contribution in [0.3, 0.4) is 0 Å². The highest BCUT2D eigenvalue weighted by molar-refractivity contribution is 6.10. The molecular weight excluding hydrogens is 1170 g/mol. The Hall–Kier alpha value is -10.6. The number of rotatable bonds is 18. The third-order valence-electron chi connectivity index (χ3n) is 19.2. The van der Waals surface area contributed by atoms with E-state index < -0.39 is 23.5 Å². The molecule has 472 valence electrons. The fourth-order valence-corrected chi connectivity index (χ4v) is 14.1. The van der Waals surface area contributed by atoms with Crippen LogP contribution in [-0.4, -0.2) is 77.4 Å². The maximum atomic E-state index is 13.4. The third-order valence-corrected chi connectivity index (χ3v) is 19.2. The van der Waals surface area contributed by atoms with Gasteiger partial charge < -0.3 is 43.3 Å². The van der Waals surface area contributed by atoms with Gasteiger partial charge in [-0.2, -0.15) is 0 Å². The SMILES string of the molecule is CCCCCCc1ccc(C(=O)Oc2ccc(C(=O)Oc3ccc(C(=O)Oc4ccc(N5CCN(c6cc7c8c(c9c(c7cc6OC)OC(c6ccccc6)(c6ccc(N7CCN(c%10ccccc%10)CC7)cc6)C=C9)C(C)(C)c6ccccc6-8)CC5)cc4)cc3)cc2)cc1. The first-order valence-corrected chi connectivity index (χ1v) is 32.9. The number of carbonyl (C=O) groups is 3. The quantitative estimate of drug-likeness (QED) is 0.0463. The van der Waals surface area contributed by atoms with Gasteiger partial charge >= 0.3 is 17.9 Å². The largest absolute Gasteiger partial charge is 0.495 e. The molecule has 10 aromatic rings. The van der Waals surface area contributed by atoms with Crippen molar-refractivity contribution >= 4 is 57.5 Å². The molecule has 4 aliphatic rings. The minimum Gasteiger partial charge on any atom is -0.495 e. The first-order chi connectivity index (χ1) is 45.9. The summed E-state index contributed by atoms with van der Waals surface area (Å²) in [5.74, 6) is 0.976. The molecule has 0 bridgehead atoms. The van der Waals surface area contributed by atoms with Crippen LogP contribution in [0.1, 0.15) is 111 Å². The van der Waals surface area contributed by atoms with Gasteiger partial charge in [-0.3, -0.25) is 0 Å². The van der Waals surface area contributed by atoms with Crippen LogP contribution in [0.5, 0.6) is 28.7 Å². The zero-order valence-corrected chi connectivity index (χ0v) is 53.7. The molecule has 3 aliphatic heterocycles. The molecule has 0 N–H and O–H groups in total. The van der Waals surface area contributed by atoms with Gasteiger partial charge in [0, 0.05) is 96.9 Å². The molecule has 0 spiro atoms. The van der Waals surface area contributed by atoms with Crippen molar-refractivity contribution in [2.24, 2.45) is 0 Å². The molecule has 2 saturated heterocycles. The standard InChI is InChI=1S/C82H76N4O8/c1-5-6-7-10-17-56-24-26-57(27-25-56)78(87)91-65-38-28-58(29-39-65)79(88)92-66-40-30-59(31-41-66)80(89)93-67-42-36-64(37-43-67)85-50-52-86(53-51-85)73-54-70-71(55-74(73)90-4)77-69(76-75(70)68-22-15-16-23-72(68)81(76,2)3)44-45-82(94-77,60-18-11-8-12-19-60)61-32-34-63(35-33-61)84-48-46-83(47-49-84)62-20-13-9-14-21-62/h8-9,11-16,18-45,54-55H,5-7,10,17,46-53H2,1-4H3. The van der Waals surface area contributed by atoms with E-state index in [1.54, 1.807) is 55.6 Å². The van der Waals surface area contributed by atoms with Crippen LogP contribution in [0.2, 0.25) is 0 Å². The predicted octanol–water partition coefficient (Wildman–Crippen LogP) is 16.9. The highest BCUT2D eigenvalue weighted by atomic mass is 16.5. The van der Waals surface area contributed by atoms with Gasteiger partial charge in [-0.15, -0.1) is 0 Å². The molecule has 3 heterocycles. The number of benzene rings is 10. The Morgan fingerprint density at radius 3 is 1.49 bits per heavy atom. The van der Waals surface area contributed by atoms with Crippen molar-refractivity contribution in [3.63, 3.8) is 0 Å². The molecule has 10 aromatic carbocycles. The topological polar surface area (TPSA) is 110 Å². The van der Waals surface area contributed by atoms with E-state index >= 15 is 0 Å². The van der Waals surface area contributed by atoms with Crippen LogP contribution < -0.4 is 43.3 Å². The summed E-state index contributed by atoms with van der Waals surface area (Å²) in [4.78, 5) is 49.1. The number of fused-ring (bicyclic) bond motifs is 8. The Labute approximate surface area is 550 Å². The fourth-order valence-electron chi connectivity index (χ4n) is 14.1. The summed E-state index contributed by atoms with van der Waals surface area (Å²) in [7, 11) is 1.76. The number of esters is 3. The van der Waals surface area contributed by atoms with Gasteiger partial charge in [0.1, 0.15) is 28.7 Å². The van der Waals surface area contributed by atoms with Crippen molar-refractivity contribution in [1.82, 2.24) is 0 Å². The number of hydrogen-bond acceptors (Lipinski definition) is 12. The normalized spacial score (nSPS) is 16.2. The van der Waals surface area contributed by atoms with Crippen LogP contribution in [0.25, 0.3) is 28.0 Å². The van der Waals surface area contributed by atoms with E-state index in [0.717, 1.165) is 116 Å². The molecule has 14 rings (SSSR count). The third kappa shape index (κ3) is 12.0. The number of para-hydroxylation sites is 1. The fraction of sp³-hybridized carbons (Fsp3) is 0.232. The van der Waals surface area contributed by atoms with E-state index in [1.807, 2.05) is 36.4 Å². The Balaban J connectivity index is 0.643. The van der Waals surface area contributed by atoms with Crippen molar-refractivity contribution in [3.05, 3.63) is 275 Å². The van der Waals surface area contributed by atoms with Crippen LogP contribution in [0.15, 0.2) is 224 Å². The van der Waals surface area contributed by atoms with Gasteiger partial charge in [0.15, 0.2) is 5.60 Å². The Kier molecular flexibility index (Phi) is 17.0. The first-order valence-electron chi connectivity index (χ1n) is 32.9. The number of ether oxygens (including phenoxy) is 5. The van der Waals surface area contributed by atoms with Crippen LogP contribution in [0, 0.1) is 0 Å². The maximum absolute atomic E-state index is 13.4. The molecule has 2 fully saturated rings. The van der Waals surface area contributed by atoms with Crippen LogP contribution in [0.4, 0.5) is 22.7 Å². The average Bonchev–Trinajstić information content (AvgIpc) is 1.45. The number of aryl methyl sites for hydroxylation is 1. The molecule has 0 amide bonds. The lowest BCUT2D eigenvalue weighted by atomic mass is 9.76. The summed E-state index contributed by atoms with van der Waals surface area (Å²) in [6, 6.07) is 71.3. The second-order valence-electron chi connectivity index (χ2n) is 25.3. The van der Waals surface area contributed by atoms with Gasteiger partial charge in [-0.1, -0.05) is 143 Å². The highest BCUT2D eigenvalue weighted by Gasteiger charge is 2.45. The van der Waals surface area contributed by atoms with Crippen molar-refractivity contribution < 1.29 is 38.1 Å². The summed E-state index contributed by atoms with van der Waals surface area (Å²) in [6.07, 6.45) is 10.3. The van der Waals surface area contributed by atoms with Crippen LogP contribution >= 0.6 is 0 Å². The van der Waals surface area contributed by atoms with Gasteiger partial charge in [0.2, 0.25) is 0 Å². The summed E-state index contributed by atoms with van der Waals surface area (Å²) >= 11 is 0. The van der Waals surface area contributed by atoms with Crippen LogP contribution in [-0.2, 0) is 17.4 Å². The Bertz CT molecular complexity index is 4420. The Morgan fingerprint density at radius 2 is 0.947 bits per heavy atom. The highest BCUT2D eigenvalue weighted by Crippen LogP contribution is 2.59. The van der Waals surface area contributed by atoms with Crippen molar-refractivity contribution in [3.8, 4) is 39.9 Å². The zero-order valence-electron chi connectivity index (χ0n) is 53.7. The number of hydrogen-bond donors (Lipinski definition) is 0. The lowest BCUT2D eigenvalue weighted by molar-refractivity contribution is 0.0725. The lowest BCUT2D eigenvalue weighted by Gasteiger charge is -2.40. The van der Waals surface area contributed by atoms with E-state index in [-0.39, 0.29) is 16.7 Å². The number of methoxy groups -OCH3 is 1. The number of anilines is 4. The van der Waals surface area contributed by atoms with E-state index in [9.17, 15) is 14.4 Å². The second-order valence-corrected chi connectivity index (χ2v) is 25.3. The molecule has 0 radical (unpaired) electrons. The van der Waals surface area contributed by atoms with Gasteiger partial charge in [-0.05, 0) is 173 Å². The van der Waals surface area contributed by atoms with E-state index in [4.69, 9.17) is 23.7 Å². The molecule has 0 aromatic heterocycles. The van der Waals surface area contributed by atoms with Gasteiger partial charge in [0.25, 0.3) is 0 Å². The summed E-state index contributed by atoms with van der Waals surface area (Å²) in [5.41, 5.74) is 13.7. The zero-order chi connectivity index (χ0) is 64.3. The maximum Gasteiger partial charge on any atom is 0.343 e. The molecule has 1 atom stereocenters. The minimum absolute atomic E-state index is 0.256. The second kappa shape index (κ2) is 26.2. The minimum atomic E-state index is -0.925. The van der Waals surface area contributed by atoms with Crippen molar-refractivity contribution in [2.75, 3.05) is 79.1 Å². The predicted molar refractivity (Wildman–Crippen MR) is 375 cm³/mol. The monoisotopic (exact) mass is 1240 g/mol. The molecule has 94 heavy (non-hydrogen) atoms. The van der Waals surface area contributed by atoms with Gasteiger partial charge in [0.05, 0.1) is 29.5 Å². The van der Waals surface area contributed by atoms with Gasteiger partial charge in [-0.25, -0.2) is 14.4 Å². The smallest absolute Gasteiger partial charge is 0.343 e. The number of carbonyl (C=O) groups excluding carboxylic acids is 3. The molecule has 1 aliphatic carbocycles. The molecule has 12 heteroatoms. The molecular formula is C82H76N4O8. The first kappa shape index (κ1) is 60.9. The van der Waals surface area contributed by atoms with Crippen molar-refractivity contribution in [1.29, 1.82) is 0 Å². The summed E-state index contributed by atoms with van der Waals surface area (Å²) < 4.78 is 31.2. The lowest BCUT2D eigenvalue weighted by Crippen LogP contribution is -2.46. The summed E-state index contributed by atoms with van der Waals surface area (Å²) in [5, 5.41) is 2.13. The number of piperazine rings is 2. The molecule has 12 nitrogen and oxygen atoms in total. The summed E-state index contributed by atoms with van der Waals surface area (Å²) in [6.45, 7) is 13.7. The molecule has 0 saturated carbocycles. The Morgan fingerprint density at radius 1 is 0.479 bits per heavy atom. The van der Waals surface area contributed by atoms with E-state index in [2.05, 4.69) is 174 Å². The molecule has 1 unspecified atom stereocenters. The number of unbranched alkanes of at least 4 members (excludes halogenated alkanes) is 3.